The van der Waals surface area contributed by atoms with Crippen LogP contribution in [0.4, 0.5) is 0 Å². The Kier molecular flexibility index (Phi) is 1.86. The van der Waals surface area contributed by atoms with E-state index in [1.807, 2.05) is 0 Å². The molecule has 0 saturated carbocycles. The fourth-order valence-electron chi connectivity index (χ4n) is 3.48. The summed E-state index contributed by atoms with van der Waals surface area (Å²) < 4.78 is 0. The average Bonchev–Trinajstić information content (AvgIpc) is 2.60. The molecule has 2 unspecified atom stereocenters. The molecule has 2 heteroatoms. The predicted octanol–water partition coefficient (Wildman–Crippen LogP) is 2.93. The van der Waals surface area contributed by atoms with Gasteiger partial charge in [-0.05, 0) is 37.6 Å². The number of hydrogen-bond donors (Lipinski definition) is 0. The Morgan fingerprint density at radius 1 is 1.24 bits per heavy atom. The second kappa shape index (κ2) is 3.30. The third-order valence-electron chi connectivity index (χ3n) is 4.47. The van der Waals surface area contributed by atoms with Crippen molar-refractivity contribution in [2.24, 2.45) is 0 Å². The number of pyridine rings is 1. The fraction of sp³-hybridized carbons (Fsp3) is 0.400. The van der Waals surface area contributed by atoms with Crippen LogP contribution < -0.4 is 0 Å². The van der Waals surface area contributed by atoms with Gasteiger partial charge in [-0.15, -0.1) is 0 Å². The zero-order valence-electron chi connectivity index (χ0n) is 10.1. The Hall–Kier alpha value is -1.41. The summed E-state index contributed by atoms with van der Waals surface area (Å²) in [5, 5.41) is 1.28. The topological polar surface area (TPSA) is 16.1 Å². The molecule has 2 nitrogen and oxygen atoms in total. The summed E-state index contributed by atoms with van der Waals surface area (Å²) in [5.41, 5.74) is 3.96. The van der Waals surface area contributed by atoms with E-state index < -0.39 is 0 Å². The van der Waals surface area contributed by atoms with Crippen LogP contribution in [-0.4, -0.2) is 23.0 Å². The number of hydrogen-bond acceptors (Lipinski definition) is 2. The van der Waals surface area contributed by atoms with Gasteiger partial charge in [0.05, 0.1) is 5.52 Å². The maximum Gasteiger partial charge on any atom is 0.0705 e. The summed E-state index contributed by atoms with van der Waals surface area (Å²) >= 11 is 0. The maximum atomic E-state index is 4.86. The molecular weight excluding hydrogens is 208 g/mol. The van der Waals surface area contributed by atoms with Gasteiger partial charge in [0, 0.05) is 29.6 Å². The van der Waals surface area contributed by atoms with Crippen LogP contribution >= 0.6 is 0 Å². The summed E-state index contributed by atoms with van der Waals surface area (Å²) in [4.78, 5) is 7.40. The Morgan fingerprint density at radius 2 is 2.12 bits per heavy atom. The van der Waals surface area contributed by atoms with Crippen molar-refractivity contribution < 1.29 is 0 Å². The number of rotatable bonds is 0. The molecule has 2 atom stereocenters. The lowest BCUT2D eigenvalue weighted by atomic mass is 9.97. The van der Waals surface area contributed by atoms with Crippen LogP contribution in [0.5, 0.6) is 0 Å². The van der Waals surface area contributed by atoms with Crippen molar-refractivity contribution in [2.45, 2.75) is 31.3 Å². The molecule has 2 aliphatic heterocycles. The molecular formula is C15H16N2. The van der Waals surface area contributed by atoms with Gasteiger partial charge in [0.25, 0.3) is 0 Å². The van der Waals surface area contributed by atoms with Crippen molar-refractivity contribution in [3.8, 4) is 0 Å². The average molecular weight is 224 g/mol. The molecule has 17 heavy (non-hydrogen) atoms. The van der Waals surface area contributed by atoms with Crippen LogP contribution in [0.15, 0.2) is 30.3 Å². The SMILES string of the molecule is CN1C2CCC1c1cc3ccccc3nc1C2. The molecule has 1 aromatic heterocycles. The van der Waals surface area contributed by atoms with Crippen LogP contribution in [0.1, 0.15) is 30.1 Å². The van der Waals surface area contributed by atoms with E-state index in [0.717, 1.165) is 18.0 Å². The highest BCUT2D eigenvalue weighted by Crippen LogP contribution is 2.42. The molecule has 0 N–H and O–H groups in total. The quantitative estimate of drug-likeness (QED) is 0.684. The fourth-order valence-corrected chi connectivity index (χ4v) is 3.48. The first-order valence-electron chi connectivity index (χ1n) is 6.43. The summed E-state index contributed by atoms with van der Waals surface area (Å²) in [6.45, 7) is 0. The second-order valence-electron chi connectivity index (χ2n) is 5.33. The molecule has 2 bridgehead atoms. The number of benzene rings is 1. The molecule has 0 spiro atoms. The highest BCUT2D eigenvalue weighted by molar-refractivity contribution is 5.79. The number of nitrogens with zero attached hydrogens (tertiary/aromatic N) is 2. The van der Waals surface area contributed by atoms with E-state index in [1.54, 1.807) is 0 Å². The summed E-state index contributed by atoms with van der Waals surface area (Å²) in [5.74, 6) is 0. The van der Waals surface area contributed by atoms with E-state index in [9.17, 15) is 0 Å². The van der Waals surface area contributed by atoms with E-state index >= 15 is 0 Å². The van der Waals surface area contributed by atoms with Crippen molar-refractivity contribution in [3.63, 3.8) is 0 Å². The van der Waals surface area contributed by atoms with E-state index in [-0.39, 0.29) is 0 Å². The minimum atomic E-state index is 0.612. The van der Waals surface area contributed by atoms with Crippen molar-refractivity contribution in [3.05, 3.63) is 41.6 Å². The van der Waals surface area contributed by atoms with Gasteiger partial charge in [0.15, 0.2) is 0 Å². The van der Waals surface area contributed by atoms with Gasteiger partial charge in [0.1, 0.15) is 0 Å². The van der Waals surface area contributed by atoms with Crippen LogP contribution in [0.3, 0.4) is 0 Å². The minimum Gasteiger partial charge on any atom is -0.296 e. The smallest absolute Gasteiger partial charge is 0.0705 e. The first-order chi connectivity index (χ1) is 8.33. The first kappa shape index (κ1) is 9.60. The standard InChI is InChI=1S/C15H16N2/c1-17-11-6-7-15(17)12-8-10-4-2-3-5-13(10)16-14(12)9-11/h2-5,8,11,15H,6-7,9H2,1H3. The molecule has 2 aromatic rings. The minimum absolute atomic E-state index is 0.612. The third-order valence-corrected chi connectivity index (χ3v) is 4.47. The molecule has 0 aliphatic carbocycles. The first-order valence-corrected chi connectivity index (χ1v) is 6.43. The van der Waals surface area contributed by atoms with Gasteiger partial charge in [-0.1, -0.05) is 18.2 Å². The predicted molar refractivity (Wildman–Crippen MR) is 69.0 cm³/mol. The van der Waals surface area contributed by atoms with Gasteiger partial charge in [0.2, 0.25) is 0 Å². The number of aromatic nitrogens is 1. The Balaban J connectivity index is 1.97. The Labute approximate surface area is 101 Å². The highest BCUT2D eigenvalue weighted by Gasteiger charge is 2.38. The molecule has 3 heterocycles. The van der Waals surface area contributed by atoms with Gasteiger partial charge >= 0.3 is 0 Å². The molecule has 4 rings (SSSR count). The van der Waals surface area contributed by atoms with Crippen LogP contribution in [0, 0.1) is 0 Å². The summed E-state index contributed by atoms with van der Waals surface area (Å²) in [6.07, 6.45) is 3.76. The summed E-state index contributed by atoms with van der Waals surface area (Å²) in [6, 6.07) is 12.2. The molecule has 1 fully saturated rings. The maximum absolute atomic E-state index is 4.86. The molecule has 0 amide bonds. The van der Waals surface area contributed by atoms with Gasteiger partial charge in [-0.25, -0.2) is 0 Å². The monoisotopic (exact) mass is 224 g/mol. The lowest BCUT2D eigenvalue weighted by molar-refractivity contribution is 0.222. The normalized spacial score (nSPS) is 27.4. The van der Waals surface area contributed by atoms with Gasteiger partial charge in [-0.2, -0.15) is 0 Å². The van der Waals surface area contributed by atoms with E-state index in [4.69, 9.17) is 4.98 Å². The molecule has 0 radical (unpaired) electrons. The number of likely N-dealkylation sites (N-methyl/N-ethyl adjacent to an activating group) is 1. The Bertz CT molecular complexity index is 590. The molecule has 1 aromatic carbocycles. The Morgan fingerprint density at radius 3 is 3.06 bits per heavy atom. The van der Waals surface area contributed by atoms with Crippen LogP contribution in [-0.2, 0) is 6.42 Å². The van der Waals surface area contributed by atoms with Crippen molar-refractivity contribution in [2.75, 3.05) is 7.05 Å². The second-order valence-corrected chi connectivity index (χ2v) is 5.33. The molecule has 1 saturated heterocycles. The van der Waals surface area contributed by atoms with Gasteiger partial charge < -0.3 is 0 Å². The highest BCUT2D eigenvalue weighted by atomic mass is 15.2. The molecule has 2 aliphatic rings. The third kappa shape index (κ3) is 1.27. The largest absolute Gasteiger partial charge is 0.296 e. The number of para-hydroxylation sites is 1. The zero-order valence-corrected chi connectivity index (χ0v) is 10.1. The van der Waals surface area contributed by atoms with E-state index in [0.29, 0.717) is 6.04 Å². The molecule has 86 valence electrons. The summed E-state index contributed by atoms with van der Waals surface area (Å²) in [7, 11) is 2.26. The van der Waals surface area contributed by atoms with Crippen LogP contribution in [0.25, 0.3) is 10.9 Å². The van der Waals surface area contributed by atoms with Crippen LogP contribution in [0.2, 0.25) is 0 Å². The van der Waals surface area contributed by atoms with E-state index in [1.165, 1.54) is 29.5 Å². The van der Waals surface area contributed by atoms with Crippen molar-refractivity contribution >= 4 is 10.9 Å². The van der Waals surface area contributed by atoms with Crippen molar-refractivity contribution in [1.29, 1.82) is 0 Å². The zero-order chi connectivity index (χ0) is 11.4. The lowest BCUT2D eigenvalue weighted by Crippen LogP contribution is -2.34. The lowest BCUT2D eigenvalue weighted by Gasteiger charge is -2.32. The van der Waals surface area contributed by atoms with E-state index in [2.05, 4.69) is 42.3 Å². The number of fused-ring (bicyclic) bond motifs is 5. The van der Waals surface area contributed by atoms with Gasteiger partial charge in [-0.3, -0.25) is 9.88 Å². The van der Waals surface area contributed by atoms with Crippen molar-refractivity contribution in [1.82, 2.24) is 9.88 Å².